The highest BCUT2D eigenvalue weighted by Crippen LogP contribution is 1.94. The molecule has 0 aromatic carbocycles. The molecule has 0 atom stereocenters. The minimum absolute atomic E-state index is 0.0257. The summed E-state index contributed by atoms with van der Waals surface area (Å²) < 4.78 is 3.09. The van der Waals surface area contributed by atoms with Crippen LogP contribution < -0.4 is 17.0 Å². The molecule has 9 nitrogen and oxygen atoms in total. The van der Waals surface area contributed by atoms with E-state index in [1.165, 1.54) is 20.4 Å². The molecular formula is C7H9N7O2. The fraction of sp³-hybridized carbons (Fsp3) is 0.286. The molecule has 0 spiro atoms. The summed E-state index contributed by atoms with van der Waals surface area (Å²) in [6.07, 6.45) is 1.25. The second-order valence-electron chi connectivity index (χ2n) is 3.14. The lowest BCUT2D eigenvalue weighted by molar-refractivity contribution is 0.578. The molecule has 0 aliphatic rings. The normalized spacial score (nSPS) is 10.6. The molecule has 0 saturated carbocycles. The predicted molar refractivity (Wildman–Crippen MR) is 54.0 cm³/mol. The van der Waals surface area contributed by atoms with Gasteiger partial charge in [-0.15, -0.1) is 10.2 Å². The molecule has 0 aliphatic carbocycles. The highest BCUT2D eigenvalue weighted by atomic mass is 16.2. The molecule has 0 fully saturated rings. The van der Waals surface area contributed by atoms with E-state index in [0.717, 1.165) is 13.9 Å². The quantitative estimate of drug-likeness (QED) is 0.578. The molecule has 2 N–H and O–H groups in total. The predicted octanol–water partition coefficient (Wildman–Crippen LogP) is -2.36. The van der Waals surface area contributed by atoms with E-state index in [0.29, 0.717) is 0 Å². The van der Waals surface area contributed by atoms with Crippen molar-refractivity contribution >= 4 is 5.95 Å². The third-order valence-corrected chi connectivity index (χ3v) is 2.03. The summed E-state index contributed by atoms with van der Waals surface area (Å²) in [7, 11) is 2.79. The van der Waals surface area contributed by atoms with Gasteiger partial charge < -0.3 is 5.73 Å². The van der Waals surface area contributed by atoms with Crippen molar-refractivity contribution < 1.29 is 0 Å². The number of aryl methyl sites for hydroxylation is 1. The number of aromatic nitrogens is 6. The van der Waals surface area contributed by atoms with E-state index in [1.807, 2.05) is 0 Å². The molecule has 2 heterocycles. The highest BCUT2D eigenvalue weighted by Gasteiger charge is 2.11. The third kappa shape index (κ3) is 1.38. The summed E-state index contributed by atoms with van der Waals surface area (Å²) in [5, 5.41) is 7.54. The number of nitrogens with two attached hydrogens (primary N) is 1. The Kier molecular flexibility index (Phi) is 2.07. The lowest BCUT2D eigenvalue weighted by atomic mass is 10.6. The van der Waals surface area contributed by atoms with E-state index in [1.54, 1.807) is 0 Å². The second-order valence-corrected chi connectivity index (χ2v) is 3.14. The van der Waals surface area contributed by atoms with Crippen molar-refractivity contribution in [1.82, 2.24) is 29.1 Å². The van der Waals surface area contributed by atoms with Gasteiger partial charge in [0.25, 0.3) is 0 Å². The Bertz CT molecular complexity index is 649. The van der Waals surface area contributed by atoms with Crippen LogP contribution in [0.4, 0.5) is 5.95 Å². The third-order valence-electron chi connectivity index (χ3n) is 2.03. The van der Waals surface area contributed by atoms with Crippen molar-refractivity contribution in [2.45, 2.75) is 0 Å². The SMILES string of the molecule is Cn1nc(-n2cnc(N)n2)c(=O)n(C)c1=O. The molecule has 0 saturated heterocycles. The van der Waals surface area contributed by atoms with Gasteiger partial charge in [0.2, 0.25) is 11.8 Å². The van der Waals surface area contributed by atoms with Crippen LogP contribution in [0.25, 0.3) is 5.82 Å². The van der Waals surface area contributed by atoms with Gasteiger partial charge in [-0.2, -0.15) is 4.68 Å². The zero-order chi connectivity index (χ0) is 11.9. The number of anilines is 1. The minimum atomic E-state index is -0.562. The molecule has 0 amide bonds. The first kappa shape index (κ1) is 10.1. The Balaban J connectivity index is 2.77. The fourth-order valence-electron chi connectivity index (χ4n) is 1.20. The van der Waals surface area contributed by atoms with E-state index in [-0.39, 0.29) is 11.8 Å². The number of nitrogens with zero attached hydrogens (tertiary/aromatic N) is 6. The summed E-state index contributed by atoms with van der Waals surface area (Å²) in [6.45, 7) is 0. The van der Waals surface area contributed by atoms with Gasteiger partial charge in [0.05, 0.1) is 0 Å². The number of hydrogen-bond acceptors (Lipinski definition) is 6. The Morgan fingerprint density at radius 3 is 2.50 bits per heavy atom. The summed E-state index contributed by atoms with van der Waals surface area (Å²) in [4.78, 5) is 26.8. The zero-order valence-corrected chi connectivity index (χ0v) is 8.65. The van der Waals surface area contributed by atoms with E-state index < -0.39 is 11.2 Å². The van der Waals surface area contributed by atoms with Crippen LogP contribution in [0.3, 0.4) is 0 Å². The Hall–Kier alpha value is -2.45. The van der Waals surface area contributed by atoms with Crippen LogP contribution in [-0.2, 0) is 14.1 Å². The van der Waals surface area contributed by atoms with Crippen LogP contribution in [0.15, 0.2) is 15.9 Å². The average Bonchev–Trinajstić information content (AvgIpc) is 2.67. The largest absolute Gasteiger partial charge is 0.366 e. The van der Waals surface area contributed by atoms with Gasteiger partial charge >= 0.3 is 11.2 Å². The maximum absolute atomic E-state index is 11.7. The van der Waals surface area contributed by atoms with Gasteiger partial charge in [-0.1, -0.05) is 0 Å². The van der Waals surface area contributed by atoms with E-state index in [2.05, 4.69) is 15.2 Å². The molecule has 2 aromatic rings. The molecule has 2 rings (SSSR count). The van der Waals surface area contributed by atoms with Crippen molar-refractivity contribution in [3.63, 3.8) is 0 Å². The number of hydrogen-bond donors (Lipinski definition) is 1. The van der Waals surface area contributed by atoms with Crippen LogP contribution in [0.2, 0.25) is 0 Å². The Morgan fingerprint density at radius 2 is 1.94 bits per heavy atom. The van der Waals surface area contributed by atoms with E-state index >= 15 is 0 Å². The molecule has 2 aromatic heterocycles. The van der Waals surface area contributed by atoms with Gasteiger partial charge in [0, 0.05) is 14.1 Å². The molecule has 16 heavy (non-hydrogen) atoms. The van der Waals surface area contributed by atoms with Crippen LogP contribution in [0, 0.1) is 0 Å². The first-order valence-electron chi connectivity index (χ1n) is 4.32. The molecular weight excluding hydrogens is 214 g/mol. The standard InChI is InChI=1S/C7H9N7O2/c1-12-5(15)4(10-13(2)7(12)16)14-3-9-6(8)11-14/h3H,1-2H3,(H2,8,11). The van der Waals surface area contributed by atoms with Crippen LogP contribution in [0.1, 0.15) is 0 Å². The molecule has 0 aliphatic heterocycles. The van der Waals surface area contributed by atoms with Gasteiger partial charge in [-0.3, -0.25) is 9.36 Å². The highest BCUT2D eigenvalue weighted by molar-refractivity contribution is 5.19. The molecule has 84 valence electrons. The lowest BCUT2D eigenvalue weighted by Crippen LogP contribution is -2.40. The van der Waals surface area contributed by atoms with E-state index in [9.17, 15) is 9.59 Å². The number of rotatable bonds is 1. The Labute approximate surface area is 88.8 Å². The van der Waals surface area contributed by atoms with Crippen molar-refractivity contribution in [1.29, 1.82) is 0 Å². The van der Waals surface area contributed by atoms with Crippen molar-refractivity contribution in [2.24, 2.45) is 14.1 Å². The lowest BCUT2D eigenvalue weighted by Gasteiger charge is -2.03. The minimum Gasteiger partial charge on any atom is -0.366 e. The van der Waals surface area contributed by atoms with Gasteiger partial charge in [0.15, 0.2) is 0 Å². The van der Waals surface area contributed by atoms with Crippen molar-refractivity contribution in [3.05, 3.63) is 27.2 Å². The van der Waals surface area contributed by atoms with Gasteiger partial charge in [0.1, 0.15) is 6.33 Å². The van der Waals surface area contributed by atoms with Crippen molar-refractivity contribution in [3.8, 4) is 5.82 Å². The summed E-state index contributed by atoms with van der Waals surface area (Å²) in [5.41, 5.74) is 4.25. The van der Waals surface area contributed by atoms with Gasteiger partial charge in [-0.05, 0) is 0 Å². The summed E-state index contributed by atoms with van der Waals surface area (Å²) in [5.74, 6) is -0.00786. The molecule has 0 unspecified atom stereocenters. The molecule has 9 heteroatoms. The van der Waals surface area contributed by atoms with Crippen molar-refractivity contribution in [2.75, 3.05) is 5.73 Å². The van der Waals surface area contributed by atoms with Gasteiger partial charge in [-0.25, -0.2) is 14.5 Å². The van der Waals surface area contributed by atoms with Crippen LogP contribution in [-0.4, -0.2) is 29.1 Å². The average molecular weight is 223 g/mol. The molecule has 0 bridgehead atoms. The monoisotopic (exact) mass is 223 g/mol. The maximum Gasteiger partial charge on any atom is 0.346 e. The summed E-state index contributed by atoms with van der Waals surface area (Å²) in [6, 6.07) is 0. The zero-order valence-electron chi connectivity index (χ0n) is 8.65. The first-order chi connectivity index (χ1) is 7.50. The van der Waals surface area contributed by atoms with E-state index in [4.69, 9.17) is 5.73 Å². The fourth-order valence-corrected chi connectivity index (χ4v) is 1.20. The van der Waals surface area contributed by atoms with Crippen LogP contribution in [0.5, 0.6) is 0 Å². The number of nitrogen functional groups attached to an aromatic ring is 1. The Morgan fingerprint density at radius 1 is 1.25 bits per heavy atom. The first-order valence-corrected chi connectivity index (χ1v) is 4.32. The molecule has 0 radical (unpaired) electrons. The topological polar surface area (TPSA) is 114 Å². The smallest absolute Gasteiger partial charge is 0.346 e. The second kappa shape index (κ2) is 3.29. The van der Waals surface area contributed by atoms with Crippen LogP contribution >= 0.6 is 0 Å². The summed E-state index contributed by atoms with van der Waals surface area (Å²) >= 11 is 0. The maximum atomic E-state index is 11.7.